The third kappa shape index (κ3) is 5.56. The lowest BCUT2D eigenvalue weighted by Crippen LogP contribution is -2.48. The SMILES string of the molecule is O=C(O)N[C@@H]1CCCN(c2nc3ccn(CCOc4ccccc4)c(=O)c3n2Cc2ccccc2Cl)C1. The van der Waals surface area contributed by atoms with Crippen molar-refractivity contribution in [1.82, 2.24) is 19.4 Å². The van der Waals surface area contributed by atoms with Crippen LogP contribution in [-0.4, -0.2) is 51.1 Å². The molecule has 2 aromatic carbocycles. The lowest BCUT2D eigenvalue weighted by Gasteiger charge is -2.33. The summed E-state index contributed by atoms with van der Waals surface area (Å²) in [6, 6.07) is 18.6. The first-order chi connectivity index (χ1) is 18.0. The van der Waals surface area contributed by atoms with Crippen molar-refractivity contribution >= 4 is 34.7 Å². The zero-order valence-corrected chi connectivity index (χ0v) is 21.0. The van der Waals surface area contributed by atoms with Gasteiger partial charge in [0.15, 0.2) is 0 Å². The summed E-state index contributed by atoms with van der Waals surface area (Å²) in [7, 11) is 0. The van der Waals surface area contributed by atoms with Crippen molar-refractivity contribution in [2.45, 2.75) is 32.0 Å². The first kappa shape index (κ1) is 24.7. The van der Waals surface area contributed by atoms with E-state index in [1.807, 2.05) is 70.1 Å². The quantitative estimate of drug-likeness (QED) is 0.360. The van der Waals surface area contributed by atoms with E-state index in [1.54, 1.807) is 10.8 Å². The molecule has 1 aliphatic heterocycles. The van der Waals surface area contributed by atoms with E-state index in [-0.39, 0.29) is 11.6 Å². The minimum atomic E-state index is -1.04. The Labute approximate surface area is 218 Å². The zero-order valence-electron chi connectivity index (χ0n) is 20.2. The summed E-state index contributed by atoms with van der Waals surface area (Å²) in [6.45, 7) is 2.26. The average Bonchev–Trinajstić information content (AvgIpc) is 3.26. The number of rotatable bonds is 8. The second-order valence-electron chi connectivity index (χ2n) is 9.03. The van der Waals surface area contributed by atoms with Crippen LogP contribution in [0.2, 0.25) is 5.02 Å². The molecule has 0 aliphatic carbocycles. The van der Waals surface area contributed by atoms with Gasteiger partial charge in [0.1, 0.15) is 17.9 Å². The number of benzene rings is 2. The molecule has 192 valence electrons. The van der Waals surface area contributed by atoms with Gasteiger partial charge in [-0.15, -0.1) is 0 Å². The number of imidazole rings is 1. The Morgan fingerprint density at radius 2 is 1.92 bits per heavy atom. The number of pyridine rings is 1. The Morgan fingerprint density at radius 1 is 1.14 bits per heavy atom. The molecule has 0 saturated carbocycles. The molecule has 37 heavy (non-hydrogen) atoms. The van der Waals surface area contributed by atoms with Crippen LogP contribution >= 0.6 is 11.6 Å². The molecule has 0 unspecified atom stereocenters. The number of aromatic nitrogens is 3. The van der Waals surface area contributed by atoms with Gasteiger partial charge in [0, 0.05) is 30.4 Å². The number of piperidine rings is 1. The molecule has 2 aromatic heterocycles. The van der Waals surface area contributed by atoms with Crippen LogP contribution in [0, 0.1) is 0 Å². The van der Waals surface area contributed by atoms with E-state index in [2.05, 4.69) is 5.32 Å². The van der Waals surface area contributed by atoms with Crippen LogP contribution in [0.1, 0.15) is 18.4 Å². The Kier molecular flexibility index (Phi) is 7.32. The van der Waals surface area contributed by atoms with Crippen molar-refractivity contribution in [1.29, 1.82) is 0 Å². The number of ether oxygens (including phenoxy) is 1. The molecule has 5 rings (SSSR count). The molecule has 1 atom stereocenters. The van der Waals surface area contributed by atoms with Crippen molar-refractivity contribution in [3.63, 3.8) is 0 Å². The molecule has 9 nitrogen and oxygen atoms in total. The molecule has 1 amide bonds. The van der Waals surface area contributed by atoms with Gasteiger partial charge in [-0.1, -0.05) is 48.0 Å². The van der Waals surface area contributed by atoms with E-state index in [4.69, 9.17) is 21.3 Å². The van der Waals surface area contributed by atoms with Gasteiger partial charge >= 0.3 is 6.09 Å². The summed E-state index contributed by atoms with van der Waals surface area (Å²) in [6.07, 6.45) is 2.25. The van der Waals surface area contributed by atoms with E-state index >= 15 is 0 Å². The standard InChI is InChI=1S/C27H28ClN5O4/c28-22-11-5-4-7-19(22)17-33-24-23(30-26(33)32-13-6-8-20(18-32)29-27(35)36)12-14-31(25(24)34)15-16-37-21-9-2-1-3-10-21/h1-5,7,9-12,14,20,29H,6,8,13,15-18H2,(H,35,36)/t20-/m1/s1. The summed E-state index contributed by atoms with van der Waals surface area (Å²) in [4.78, 5) is 31.8. The largest absolute Gasteiger partial charge is 0.492 e. The summed E-state index contributed by atoms with van der Waals surface area (Å²) >= 11 is 6.49. The van der Waals surface area contributed by atoms with Crippen molar-refractivity contribution in [3.8, 4) is 5.75 Å². The van der Waals surface area contributed by atoms with Crippen LogP contribution < -0.4 is 20.5 Å². The van der Waals surface area contributed by atoms with E-state index in [9.17, 15) is 14.7 Å². The van der Waals surface area contributed by atoms with Crippen LogP contribution in [-0.2, 0) is 13.1 Å². The fraction of sp³-hybridized carbons (Fsp3) is 0.296. The first-order valence-corrected chi connectivity index (χ1v) is 12.6. The predicted octanol–water partition coefficient (Wildman–Crippen LogP) is 4.22. The maximum Gasteiger partial charge on any atom is 0.404 e. The number of nitrogens with one attached hydrogen (secondary N) is 1. The van der Waals surface area contributed by atoms with Crippen LogP contribution in [0.25, 0.3) is 11.0 Å². The minimum Gasteiger partial charge on any atom is -0.492 e. The number of nitrogens with zero attached hydrogens (tertiary/aromatic N) is 4. The topological polar surface area (TPSA) is 102 Å². The lowest BCUT2D eigenvalue weighted by molar-refractivity contribution is 0.188. The molecule has 10 heteroatoms. The zero-order chi connectivity index (χ0) is 25.8. The summed E-state index contributed by atoms with van der Waals surface area (Å²) < 4.78 is 9.33. The molecule has 1 fully saturated rings. The summed E-state index contributed by atoms with van der Waals surface area (Å²) in [5.41, 5.74) is 1.76. The van der Waals surface area contributed by atoms with E-state index in [1.165, 1.54) is 0 Å². The number of hydrogen-bond donors (Lipinski definition) is 2. The highest BCUT2D eigenvalue weighted by atomic mass is 35.5. The van der Waals surface area contributed by atoms with E-state index in [0.29, 0.717) is 54.8 Å². The summed E-state index contributed by atoms with van der Waals surface area (Å²) in [5, 5.41) is 12.4. The third-order valence-electron chi connectivity index (χ3n) is 6.51. The fourth-order valence-corrected chi connectivity index (χ4v) is 4.95. The molecule has 1 aliphatic rings. The first-order valence-electron chi connectivity index (χ1n) is 12.2. The van der Waals surface area contributed by atoms with Crippen LogP contribution in [0.4, 0.5) is 10.7 Å². The maximum atomic E-state index is 13.7. The predicted molar refractivity (Wildman–Crippen MR) is 143 cm³/mol. The number of carboxylic acid groups (broad SMARTS) is 1. The van der Waals surface area contributed by atoms with Crippen molar-refractivity contribution < 1.29 is 14.6 Å². The van der Waals surface area contributed by atoms with Gasteiger partial charge in [-0.25, -0.2) is 9.78 Å². The molecule has 3 heterocycles. The number of fused-ring (bicyclic) bond motifs is 1. The van der Waals surface area contributed by atoms with E-state index in [0.717, 1.165) is 24.2 Å². The van der Waals surface area contributed by atoms with Crippen molar-refractivity contribution in [2.24, 2.45) is 0 Å². The van der Waals surface area contributed by atoms with Crippen LogP contribution in [0.15, 0.2) is 71.7 Å². The third-order valence-corrected chi connectivity index (χ3v) is 6.88. The normalized spacial score (nSPS) is 15.6. The van der Waals surface area contributed by atoms with E-state index < -0.39 is 6.09 Å². The van der Waals surface area contributed by atoms with Crippen LogP contribution in [0.3, 0.4) is 0 Å². The molecular weight excluding hydrogens is 494 g/mol. The van der Waals surface area contributed by atoms with Gasteiger partial charge in [0.25, 0.3) is 5.56 Å². The second kappa shape index (κ2) is 11.0. The Morgan fingerprint density at radius 3 is 2.70 bits per heavy atom. The monoisotopic (exact) mass is 521 g/mol. The van der Waals surface area contributed by atoms with Gasteiger partial charge in [-0.3, -0.25) is 4.79 Å². The number of para-hydroxylation sites is 1. The minimum absolute atomic E-state index is 0.169. The Balaban J connectivity index is 1.50. The molecule has 0 bridgehead atoms. The average molecular weight is 522 g/mol. The smallest absolute Gasteiger partial charge is 0.404 e. The summed E-state index contributed by atoms with van der Waals surface area (Å²) in [5.74, 6) is 1.37. The van der Waals surface area contributed by atoms with Gasteiger partial charge in [-0.2, -0.15) is 0 Å². The molecule has 1 saturated heterocycles. The molecule has 0 spiro atoms. The number of anilines is 1. The lowest BCUT2D eigenvalue weighted by atomic mass is 10.1. The number of halogens is 1. The highest BCUT2D eigenvalue weighted by molar-refractivity contribution is 6.31. The molecule has 0 radical (unpaired) electrons. The number of carbonyl (C=O) groups is 1. The highest BCUT2D eigenvalue weighted by Crippen LogP contribution is 2.27. The van der Waals surface area contributed by atoms with Gasteiger partial charge in [-0.05, 0) is 42.7 Å². The fourth-order valence-electron chi connectivity index (χ4n) is 4.76. The maximum absolute atomic E-state index is 13.7. The highest BCUT2D eigenvalue weighted by Gasteiger charge is 2.27. The Bertz CT molecular complexity index is 1450. The van der Waals surface area contributed by atoms with Gasteiger partial charge in [0.05, 0.1) is 18.6 Å². The molecular formula is C27H28ClN5O4. The van der Waals surface area contributed by atoms with Crippen molar-refractivity contribution in [2.75, 3.05) is 24.6 Å². The molecule has 4 aromatic rings. The second-order valence-corrected chi connectivity index (χ2v) is 9.44. The number of hydrogen-bond acceptors (Lipinski definition) is 5. The number of amides is 1. The molecule has 2 N–H and O–H groups in total. The van der Waals surface area contributed by atoms with Crippen molar-refractivity contribution in [3.05, 3.63) is 87.8 Å². The van der Waals surface area contributed by atoms with Gasteiger partial charge < -0.3 is 29.2 Å². The Hall–Kier alpha value is -3.98. The van der Waals surface area contributed by atoms with Gasteiger partial charge in [0.2, 0.25) is 5.95 Å². The van der Waals surface area contributed by atoms with Crippen LogP contribution in [0.5, 0.6) is 5.75 Å².